The normalized spacial score (nSPS) is 17.6. The zero-order valence-corrected chi connectivity index (χ0v) is 30.0. The Morgan fingerprint density at radius 2 is 1.69 bits per heavy atom. The van der Waals surface area contributed by atoms with Crippen LogP contribution in [-0.4, -0.2) is 44.8 Å². The van der Waals surface area contributed by atoms with Crippen LogP contribution in [0.1, 0.15) is 96.1 Å². The van der Waals surface area contributed by atoms with E-state index in [0.29, 0.717) is 89.4 Å². The molecule has 2 atom stereocenters. The second kappa shape index (κ2) is 15.2. The number of pyridine rings is 1. The molecule has 4 heterocycles. The summed E-state index contributed by atoms with van der Waals surface area (Å²) < 4.78 is 72.6. The number of imide groups is 1. The predicted molar refractivity (Wildman–Crippen MR) is 194 cm³/mol. The zero-order valence-electron chi connectivity index (χ0n) is 30.0. The number of benzene rings is 3. The molecule has 7 rings (SSSR count). The van der Waals surface area contributed by atoms with Crippen LogP contribution >= 0.6 is 0 Å². The van der Waals surface area contributed by atoms with Gasteiger partial charge >= 0.3 is 0 Å². The molecule has 2 aliphatic heterocycles. The second-order valence-corrected chi connectivity index (χ2v) is 14.2. The molecule has 2 amide bonds. The number of carbonyl (C=O) groups is 2. The summed E-state index contributed by atoms with van der Waals surface area (Å²) in [6, 6.07) is 13.0. The Bertz CT molecular complexity index is 2230. The Kier molecular flexibility index (Phi) is 10.4. The quantitative estimate of drug-likeness (QED) is 0.115. The number of nitrogens with one attached hydrogen (secondary N) is 2. The lowest BCUT2D eigenvalue weighted by atomic mass is 9.83. The van der Waals surface area contributed by atoms with Crippen LogP contribution in [0.15, 0.2) is 60.8 Å². The number of anilines is 1. The molecule has 2 aromatic heterocycles. The fourth-order valence-corrected chi connectivity index (χ4v) is 7.76. The smallest absolute Gasteiger partial charge is 0.266 e. The minimum absolute atomic E-state index is 0.0313. The molecule has 3 aromatic carbocycles. The third-order valence-electron chi connectivity index (χ3n) is 10.5. The average Bonchev–Trinajstić information content (AvgIpc) is 3.12. The fraction of sp³-hybridized carbons (Fsp3) is 0.341. The van der Waals surface area contributed by atoms with E-state index in [1.54, 1.807) is 38.2 Å². The van der Waals surface area contributed by atoms with E-state index < -0.39 is 35.7 Å². The Morgan fingerprint density at radius 3 is 2.41 bits per heavy atom. The number of hydrogen-bond donors (Lipinski definition) is 2. The number of alkyl halides is 2. The minimum Gasteiger partial charge on any atom is -0.363 e. The van der Waals surface area contributed by atoms with Crippen molar-refractivity contribution in [2.45, 2.75) is 77.3 Å². The van der Waals surface area contributed by atoms with Crippen LogP contribution in [-0.2, 0) is 16.1 Å². The van der Waals surface area contributed by atoms with E-state index in [1.807, 2.05) is 13.0 Å². The maximum absolute atomic E-state index is 15.6. The van der Waals surface area contributed by atoms with Crippen molar-refractivity contribution in [1.82, 2.24) is 25.2 Å². The number of aryl methyl sites for hydroxylation is 2. The number of aromatic nitrogens is 3. The number of fused-ring (bicyclic) bond motifs is 1. The van der Waals surface area contributed by atoms with E-state index in [1.165, 1.54) is 24.3 Å². The average molecular weight is 743 g/mol. The third kappa shape index (κ3) is 7.54. The predicted octanol–water partition coefficient (Wildman–Crippen LogP) is 8.74. The van der Waals surface area contributed by atoms with Gasteiger partial charge in [0.15, 0.2) is 0 Å². The van der Waals surface area contributed by atoms with Crippen LogP contribution in [0.25, 0.3) is 22.2 Å². The largest absolute Gasteiger partial charge is 0.363 e. The number of carbonyl (C=O) groups excluding carboxylic acids is 2. The standard InChI is InChI=1S/C41H39F5N6O2/c1-21-15-26(29-8-10-36(53)51-41(29)54)17-33(43)37(21)24-11-13-52(14-12-24)20-27-16-25(7-9-32(27)42)34-18-31-35(19-47-34)49-23(3)50-40(31)48-22(2)28-5-4-6-30(38(28)44)39(45)46/h4-7,9,15-19,22,24,29,39H,8,10-14,20H2,1-3H3,(H,48,49,50)(H,51,53,54)/t22-,29?/m1/s1. The van der Waals surface area contributed by atoms with E-state index in [2.05, 4.69) is 30.5 Å². The maximum atomic E-state index is 15.6. The molecule has 2 saturated heterocycles. The Hall–Kier alpha value is -5.30. The van der Waals surface area contributed by atoms with Crippen molar-refractivity contribution in [3.63, 3.8) is 0 Å². The lowest BCUT2D eigenvalue weighted by Gasteiger charge is -2.33. The van der Waals surface area contributed by atoms with Gasteiger partial charge in [-0.1, -0.05) is 24.3 Å². The minimum atomic E-state index is -2.95. The van der Waals surface area contributed by atoms with Gasteiger partial charge in [-0.2, -0.15) is 0 Å². The van der Waals surface area contributed by atoms with Gasteiger partial charge in [0.2, 0.25) is 11.8 Å². The molecule has 280 valence electrons. The zero-order chi connectivity index (χ0) is 38.3. The summed E-state index contributed by atoms with van der Waals surface area (Å²) in [6.45, 7) is 6.80. The highest BCUT2D eigenvalue weighted by molar-refractivity contribution is 6.01. The van der Waals surface area contributed by atoms with Crippen LogP contribution in [0.3, 0.4) is 0 Å². The van der Waals surface area contributed by atoms with Gasteiger partial charge in [0.05, 0.1) is 34.9 Å². The van der Waals surface area contributed by atoms with E-state index in [9.17, 15) is 22.8 Å². The third-order valence-corrected chi connectivity index (χ3v) is 10.5. The lowest BCUT2D eigenvalue weighted by Crippen LogP contribution is -2.39. The number of likely N-dealkylation sites (tertiary alicyclic amines) is 1. The molecule has 1 unspecified atom stereocenters. The molecule has 2 fully saturated rings. The summed E-state index contributed by atoms with van der Waals surface area (Å²) in [5.74, 6) is -2.18. The van der Waals surface area contributed by atoms with Gasteiger partial charge in [0.1, 0.15) is 29.1 Å². The van der Waals surface area contributed by atoms with Gasteiger partial charge < -0.3 is 5.32 Å². The second-order valence-electron chi connectivity index (χ2n) is 14.2. The van der Waals surface area contributed by atoms with Crippen molar-refractivity contribution in [2.75, 3.05) is 18.4 Å². The molecule has 13 heteroatoms. The first-order chi connectivity index (χ1) is 25.9. The van der Waals surface area contributed by atoms with Crippen LogP contribution in [0.2, 0.25) is 0 Å². The first-order valence-electron chi connectivity index (χ1n) is 18.0. The molecule has 54 heavy (non-hydrogen) atoms. The van der Waals surface area contributed by atoms with Gasteiger partial charge in [-0.3, -0.25) is 24.8 Å². The van der Waals surface area contributed by atoms with Crippen molar-refractivity contribution in [3.05, 3.63) is 117 Å². The molecular weight excluding hydrogens is 703 g/mol. The SMILES string of the molecule is Cc1nc(N[C@H](C)c2cccc(C(F)F)c2F)c2cc(-c3ccc(F)c(CN4CCC(c5c(C)cc(C6CCC(=O)NC6=O)cc5F)CC4)c3)ncc2n1. The van der Waals surface area contributed by atoms with Gasteiger partial charge in [-0.05, 0) is 106 Å². The van der Waals surface area contributed by atoms with E-state index in [0.717, 1.165) is 11.6 Å². The molecule has 2 aliphatic rings. The van der Waals surface area contributed by atoms with Crippen molar-refractivity contribution in [2.24, 2.45) is 0 Å². The monoisotopic (exact) mass is 742 g/mol. The van der Waals surface area contributed by atoms with Gasteiger partial charge in [-0.25, -0.2) is 31.9 Å². The number of rotatable bonds is 9. The van der Waals surface area contributed by atoms with Crippen LogP contribution < -0.4 is 10.6 Å². The highest BCUT2D eigenvalue weighted by Crippen LogP contribution is 2.37. The summed E-state index contributed by atoms with van der Waals surface area (Å²) in [5.41, 5.74) is 3.57. The number of halogens is 5. The highest BCUT2D eigenvalue weighted by atomic mass is 19.3. The summed E-state index contributed by atoms with van der Waals surface area (Å²) in [6.07, 6.45) is 0.554. The molecule has 0 saturated carbocycles. The summed E-state index contributed by atoms with van der Waals surface area (Å²) >= 11 is 0. The fourth-order valence-electron chi connectivity index (χ4n) is 7.76. The van der Waals surface area contributed by atoms with Crippen molar-refractivity contribution in [1.29, 1.82) is 0 Å². The van der Waals surface area contributed by atoms with E-state index in [4.69, 9.17) is 0 Å². The first kappa shape index (κ1) is 37.0. The summed E-state index contributed by atoms with van der Waals surface area (Å²) in [4.78, 5) is 39.7. The molecule has 5 aromatic rings. The number of nitrogens with zero attached hydrogens (tertiary/aromatic N) is 4. The van der Waals surface area contributed by atoms with Crippen LogP contribution in [0.5, 0.6) is 0 Å². The topological polar surface area (TPSA) is 100 Å². The van der Waals surface area contributed by atoms with Gasteiger partial charge in [0.25, 0.3) is 6.43 Å². The highest BCUT2D eigenvalue weighted by Gasteiger charge is 2.31. The van der Waals surface area contributed by atoms with Crippen LogP contribution in [0.4, 0.5) is 27.8 Å². The number of amides is 2. The molecule has 0 bridgehead atoms. The first-order valence-corrected chi connectivity index (χ1v) is 18.0. The molecule has 2 N–H and O–H groups in total. The maximum Gasteiger partial charge on any atom is 0.266 e. The van der Waals surface area contributed by atoms with Gasteiger partial charge in [0, 0.05) is 35.0 Å². The van der Waals surface area contributed by atoms with Gasteiger partial charge in [-0.15, -0.1) is 0 Å². The lowest BCUT2D eigenvalue weighted by molar-refractivity contribution is -0.134. The Labute approximate surface area is 309 Å². The molecular formula is C41H39F5N6O2. The Morgan fingerprint density at radius 1 is 0.926 bits per heavy atom. The number of piperidine rings is 2. The van der Waals surface area contributed by atoms with Crippen LogP contribution in [0, 0.1) is 31.3 Å². The number of hydrogen-bond acceptors (Lipinski definition) is 7. The van der Waals surface area contributed by atoms with E-state index >= 15 is 8.78 Å². The molecule has 0 spiro atoms. The summed E-state index contributed by atoms with van der Waals surface area (Å²) in [7, 11) is 0. The van der Waals surface area contributed by atoms with Crippen molar-refractivity contribution in [3.8, 4) is 11.3 Å². The Balaban J connectivity index is 1.06. The van der Waals surface area contributed by atoms with E-state index in [-0.39, 0.29) is 35.4 Å². The van der Waals surface area contributed by atoms with Crippen molar-refractivity contribution < 1.29 is 31.5 Å². The molecule has 8 nitrogen and oxygen atoms in total. The van der Waals surface area contributed by atoms with Crippen molar-refractivity contribution >= 4 is 28.5 Å². The molecule has 0 radical (unpaired) electrons. The molecule has 0 aliphatic carbocycles. The summed E-state index contributed by atoms with van der Waals surface area (Å²) in [5, 5.41) is 6.08.